The van der Waals surface area contributed by atoms with Crippen molar-refractivity contribution < 1.29 is 4.79 Å². The quantitative estimate of drug-likeness (QED) is 0.900. The van der Waals surface area contributed by atoms with Crippen LogP contribution in [0.25, 0.3) is 0 Å². The second-order valence-corrected chi connectivity index (χ2v) is 6.48. The summed E-state index contributed by atoms with van der Waals surface area (Å²) < 4.78 is 0. The molecule has 1 amide bonds. The predicted molar refractivity (Wildman–Crippen MR) is 80.7 cm³/mol. The van der Waals surface area contributed by atoms with E-state index in [2.05, 4.69) is 9.97 Å². The van der Waals surface area contributed by atoms with Gasteiger partial charge in [-0.2, -0.15) is 0 Å². The van der Waals surface area contributed by atoms with Gasteiger partial charge in [-0.3, -0.25) is 4.79 Å². The van der Waals surface area contributed by atoms with Crippen molar-refractivity contribution >= 4 is 5.91 Å². The highest BCUT2D eigenvalue weighted by Crippen LogP contribution is 2.32. The minimum Gasteiger partial charge on any atom is -0.340 e. The van der Waals surface area contributed by atoms with Crippen LogP contribution in [0.3, 0.4) is 0 Å². The molecule has 0 bridgehead atoms. The molecule has 2 aliphatic rings. The number of likely N-dealkylation sites (tertiary alicyclic amines) is 1. The fourth-order valence-corrected chi connectivity index (χ4v) is 3.64. The summed E-state index contributed by atoms with van der Waals surface area (Å²) >= 11 is 0. The molecule has 1 aromatic rings. The lowest BCUT2D eigenvalue weighted by Crippen LogP contribution is -2.55. The first kappa shape index (κ1) is 14.4. The Morgan fingerprint density at radius 2 is 2.14 bits per heavy atom. The molecule has 5 nitrogen and oxygen atoms in total. The summed E-state index contributed by atoms with van der Waals surface area (Å²) in [5.74, 6) is 1.26. The molecule has 0 spiro atoms. The van der Waals surface area contributed by atoms with Crippen molar-refractivity contribution in [1.29, 1.82) is 0 Å². The van der Waals surface area contributed by atoms with E-state index in [1.807, 2.05) is 17.9 Å². The van der Waals surface area contributed by atoms with E-state index in [-0.39, 0.29) is 5.91 Å². The Balaban J connectivity index is 1.72. The number of piperidine rings is 1. The SMILES string of the molecule is Cc1nccc([C@H]2CCCN(C(=O)C3(N)CCCC3)C2)n1. The van der Waals surface area contributed by atoms with Crippen LogP contribution in [-0.4, -0.2) is 39.4 Å². The van der Waals surface area contributed by atoms with E-state index in [1.54, 1.807) is 6.20 Å². The summed E-state index contributed by atoms with van der Waals surface area (Å²) in [5, 5.41) is 0. The molecule has 2 N–H and O–H groups in total. The molecule has 114 valence electrons. The van der Waals surface area contributed by atoms with Gasteiger partial charge in [-0.1, -0.05) is 12.8 Å². The number of hydrogen-bond donors (Lipinski definition) is 1. The largest absolute Gasteiger partial charge is 0.340 e. The molecule has 1 aromatic heterocycles. The highest BCUT2D eigenvalue weighted by molar-refractivity contribution is 5.86. The normalized spacial score (nSPS) is 25.0. The molecule has 1 aliphatic carbocycles. The maximum Gasteiger partial charge on any atom is 0.242 e. The van der Waals surface area contributed by atoms with Gasteiger partial charge >= 0.3 is 0 Å². The van der Waals surface area contributed by atoms with Crippen molar-refractivity contribution in [3.8, 4) is 0 Å². The highest BCUT2D eigenvalue weighted by Gasteiger charge is 2.41. The Hall–Kier alpha value is -1.49. The number of carbonyl (C=O) groups is 1. The summed E-state index contributed by atoms with van der Waals surface area (Å²) in [6.07, 6.45) is 7.72. The lowest BCUT2D eigenvalue weighted by Gasteiger charge is -2.37. The van der Waals surface area contributed by atoms with Crippen LogP contribution < -0.4 is 5.73 Å². The number of aryl methyl sites for hydroxylation is 1. The first-order valence-corrected chi connectivity index (χ1v) is 7.96. The maximum absolute atomic E-state index is 12.7. The van der Waals surface area contributed by atoms with Gasteiger partial charge in [-0.15, -0.1) is 0 Å². The monoisotopic (exact) mass is 288 g/mol. The van der Waals surface area contributed by atoms with Crippen LogP contribution in [-0.2, 0) is 4.79 Å². The van der Waals surface area contributed by atoms with Crippen molar-refractivity contribution in [2.45, 2.75) is 56.9 Å². The second kappa shape index (κ2) is 5.72. The first-order chi connectivity index (χ1) is 10.1. The molecule has 1 atom stereocenters. The number of amides is 1. The topological polar surface area (TPSA) is 72.1 Å². The van der Waals surface area contributed by atoms with Crippen LogP contribution in [0, 0.1) is 6.92 Å². The van der Waals surface area contributed by atoms with E-state index in [4.69, 9.17) is 5.73 Å². The molecule has 5 heteroatoms. The van der Waals surface area contributed by atoms with Crippen LogP contribution >= 0.6 is 0 Å². The molecule has 1 saturated carbocycles. The van der Waals surface area contributed by atoms with Crippen molar-refractivity contribution in [3.63, 3.8) is 0 Å². The van der Waals surface area contributed by atoms with Crippen molar-refractivity contribution in [2.75, 3.05) is 13.1 Å². The third-order valence-electron chi connectivity index (χ3n) is 4.85. The molecular formula is C16H24N4O. The first-order valence-electron chi connectivity index (χ1n) is 7.96. The number of nitrogens with zero attached hydrogens (tertiary/aromatic N) is 3. The van der Waals surface area contributed by atoms with E-state index in [0.717, 1.165) is 63.1 Å². The van der Waals surface area contributed by atoms with Crippen molar-refractivity contribution in [1.82, 2.24) is 14.9 Å². The Bertz CT molecular complexity index is 525. The molecule has 0 unspecified atom stereocenters. The van der Waals surface area contributed by atoms with E-state index >= 15 is 0 Å². The zero-order chi connectivity index (χ0) is 14.9. The highest BCUT2D eigenvalue weighted by atomic mass is 16.2. The predicted octanol–water partition coefficient (Wildman–Crippen LogP) is 1.76. The lowest BCUT2D eigenvalue weighted by molar-refractivity contribution is -0.138. The zero-order valence-corrected chi connectivity index (χ0v) is 12.7. The van der Waals surface area contributed by atoms with Gasteiger partial charge in [0.2, 0.25) is 5.91 Å². The summed E-state index contributed by atoms with van der Waals surface area (Å²) in [6, 6.07) is 1.97. The molecule has 2 heterocycles. The van der Waals surface area contributed by atoms with Crippen molar-refractivity contribution in [3.05, 3.63) is 23.8 Å². The minimum atomic E-state index is -0.608. The van der Waals surface area contributed by atoms with Gasteiger partial charge in [0, 0.05) is 30.9 Å². The van der Waals surface area contributed by atoms with E-state index in [1.165, 1.54) is 0 Å². The molecule has 21 heavy (non-hydrogen) atoms. The van der Waals surface area contributed by atoms with E-state index < -0.39 is 5.54 Å². The van der Waals surface area contributed by atoms with E-state index in [0.29, 0.717) is 5.92 Å². The molecule has 1 aliphatic heterocycles. The summed E-state index contributed by atoms with van der Waals surface area (Å²) in [4.78, 5) is 23.4. The fraction of sp³-hybridized carbons (Fsp3) is 0.688. The van der Waals surface area contributed by atoms with Gasteiger partial charge in [0.15, 0.2) is 0 Å². The van der Waals surface area contributed by atoms with Gasteiger partial charge in [-0.05, 0) is 38.7 Å². The van der Waals surface area contributed by atoms with E-state index in [9.17, 15) is 4.79 Å². The summed E-state index contributed by atoms with van der Waals surface area (Å²) in [7, 11) is 0. The van der Waals surface area contributed by atoms with Gasteiger partial charge in [0.25, 0.3) is 0 Å². The zero-order valence-electron chi connectivity index (χ0n) is 12.7. The number of aromatic nitrogens is 2. The molecule has 0 radical (unpaired) electrons. The second-order valence-electron chi connectivity index (χ2n) is 6.48. The average molecular weight is 288 g/mol. The standard InChI is InChI=1S/C16H24N4O/c1-12-18-9-6-14(19-12)13-5-4-10-20(11-13)15(21)16(17)7-2-3-8-16/h6,9,13H,2-5,7-8,10-11,17H2,1H3/t13-/m0/s1. The van der Waals surface area contributed by atoms with Crippen LogP contribution in [0.5, 0.6) is 0 Å². The fourth-order valence-electron chi connectivity index (χ4n) is 3.64. The molecule has 3 rings (SSSR count). The van der Waals surface area contributed by atoms with Crippen molar-refractivity contribution in [2.24, 2.45) is 5.73 Å². The maximum atomic E-state index is 12.7. The van der Waals surface area contributed by atoms with Gasteiger partial charge < -0.3 is 10.6 Å². The summed E-state index contributed by atoms with van der Waals surface area (Å²) in [5.41, 5.74) is 6.77. The Morgan fingerprint density at radius 3 is 2.86 bits per heavy atom. The van der Waals surface area contributed by atoms with Gasteiger partial charge in [0.1, 0.15) is 5.82 Å². The van der Waals surface area contributed by atoms with Crippen LogP contribution in [0.4, 0.5) is 0 Å². The third kappa shape index (κ3) is 2.93. The van der Waals surface area contributed by atoms with Crippen LogP contribution in [0.15, 0.2) is 12.3 Å². The average Bonchev–Trinajstić information content (AvgIpc) is 2.95. The van der Waals surface area contributed by atoms with Gasteiger partial charge in [-0.25, -0.2) is 9.97 Å². The molecule has 2 fully saturated rings. The Kier molecular flexibility index (Phi) is 3.93. The molecule has 1 saturated heterocycles. The van der Waals surface area contributed by atoms with Gasteiger partial charge in [0.05, 0.1) is 5.54 Å². The smallest absolute Gasteiger partial charge is 0.242 e. The number of rotatable bonds is 2. The molecular weight excluding hydrogens is 264 g/mol. The van der Waals surface area contributed by atoms with Crippen LogP contribution in [0.2, 0.25) is 0 Å². The Morgan fingerprint density at radius 1 is 1.38 bits per heavy atom. The molecule has 0 aromatic carbocycles. The number of hydrogen-bond acceptors (Lipinski definition) is 4. The third-order valence-corrected chi connectivity index (χ3v) is 4.85. The number of nitrogens with two attached hydrogens (primary N) is 1. The number of carbonyl (C=O) groups excluding carboxylic acids is 1. The minimum absolute atomic E-state index is 0.149. The Labute approximate surface area is 125 Å². The summed E-state index contributed by atoms with van der Waals surface area (Å²) in [6.45, 7) is 3.48. The van der Waals surface area contributed by atoms with Crippen LogP contribution in [0.1, 0.15) is 56.0 Å². The lowest BCUT2D eigenvalue weighted by atomic mass is 9.91.